The highest BCUT2D eigenvalue weighted by molar-refractivity contribution is 5.88. The molecule has 2 aromatic carbocycles. The first kappa shape index (κ1) is 14.9. The molecular formula is C18H25NO. The van der Waals surface area contributed by atoms with E-state index < -0.39 is 0 Å². The van der Waals surface area contributed by atoms with Crippen molar-refractivity contribution in [3.05, 3.63) is 42.0 Å². The second-order valence-corrected chi connectivity index (χ2v) is 5.71. The first-order valence-electron chi connectivity index (χ1n) is 7.53. The SMILES string of the molecule is CCOc1ccc2ccccc2c1[C@H](N)CCC(C)C. The van der Waals surface area contributed by atoms with Gasteiger partial charge in [-0.05, 0) is 42.5 Å². The van der Waals surface area contributed by atoms with Crippen LogP contribution in [0.4, 0.5) is 0 Å². The van der Waals surface area contributed by atoms with Crippen LogP contribution in [0.1, 0.15) is 45.2 Å². The zero-order chi connectivity index (χ0) is 14.5. The van der Waals surface area contributed by atoms with Crippen LogP contribution in [0.15, 0.2) is 36.4 Å². The molecule has 2 rings (SSSR count). The quantitative estimate of drug-likeness (QED) is 0.828. The van der Waals surface area contributed by atoms with Gasteiger partial charge in [-0.2, -0.15) is 0 Å². The highest BCUT2D eigenvalue weighted by Crippen LogP contribution is 2.34. The monoisotopic (exact) mass is 271 g/mol. The average molecular weight is 271 g/mol. The number of ether oxygens (including phenoxy) is 1. The third-order valence-corrected chi connectivity index (χ3v) is 3.66. The topological polar surface area (TPSA) is 35.2 Å². The van der Waals surface area contributed by atoms with E-state index in [0.29, 0.717) is 12.5 Å². The van der Waals surface area contributed by atoms with E-state index in [1.54, 1.807) is 0 Å². The van der Waals surface area contributed by atoms with Crippen LogP contribution in [0, 0.1) is 5.92 Å². The Labute approximate surface area is 121 Å². The summed E-state index contributed by atoms with van der Waals surface area (Å²) in [6, 6.07) is 12.6. The second-order valence-electron chi connectivity index (χ2n) is 5.71. The Morgan fingerprint density at radius 1 is 1.05 bits per heavy atom. The van der Waals surface area contributed by atoms with Crippen molar-refractivity contribution in [1.29, 1.82) is 0 Å². The van der Waals surface area contributed by atoms with E-state index in [0.717, 1.165) is 24.2 Å². The summed E-state index contributed by atoms with van der Waals surface area (Å²) < 4.78 is 5.79. The fourth-order valence-corrected chi connectivity index (χ4v) is 2.60. The van der Waals surface area contributed by atoms with Crippen LogP contribution in [-0.4, -0.2) is 6.61 Å². The van der Waals surface area contributed by atoms with E-state index >= 15 is 0 Å². The lowest BCUT2D eigenvalue weighted by molar-refractivity contribution is 0.333. The largest absolute Gasteiger partial charge is 0.494 e. The minimum absolute atomic E-state index is 0.0325. The van der Waals surface area contributed by atoms with Gasteiger partial charge in [0, 0.05) is 11.6 Å². The summed E-state index contributed by atoms with van der Waals surface area (Å²) in [7, 11) is 0. The van der Waals surface area contributed by atoms with Gasteiger partial charge in [-0.1, -0.05) is 44.2 Å². The number of benzene rings is 2. The zero-order valence-corrected chi connectivity index (χ0v) is 12.7. The molecule has 2 aromatic rings. The summed E-state index contributed by atoms with van der Waals surface area (Å²) in [5.41, 5.74) is 7.62. The highest BCUT2D eigenvalue weighted by Gasteiger charge is 2.16. The molecule has 20 heavy (non-hydrogen) atoms. The minimum atomic E-state index is 0.0325. The normalized spacial score (nSPS) is 12.8. The zero-order valence-electron chi connectivity index (χ0n) is 12.7. The fourth-order valence-electron chi connectivity index (χ4n) is 2.60. The van der Waals surface area contributed by atoms with Gasteiger partial charge in [0.05, 0.1) is 6.61 Å². The molecule has 0 spiro atoms. The summed E-state index contributed by atoms with van der Waals surface area (Å²) in [5, 5.41) is 2.45. The van der Waals surface area contributed by atoms with Crippen molar-refractivity contribution in [2.45, 2.75) is 39.7 Å². The van der Waals surface area contributed by atoms with Crippen LogP contribution in [0.2, 0.25) is 0 Å². The van der Waals surface area contributed by atoms with E-state index in [-0.39, 0.29) is 6.04 Å². The molecule has 2 nitrogen and oxygen atoms in total. The van der Waals surface area contributed by atoms with Gasteiger partial charge in [0.15, 0.2) is 0 Å². The Morgan fingerprint density at radius 3 is 2.50 bits per heavy atom. The molecule has 0 saturated carbocycles. The summed E-state index contributed by atoms with van der Waals surface area (Å²) >= 11 is 0. The van der Waals surface area contributed by atoms with Crippen LogP contribution < -0.4 is 10.5 Å². The first-order valence-corrected chi connectivity index (χ1v) is 7.53. The summed E-state index contributed by atoms with van der Waals surface area (Å²) in [4.78, 5) is 0. The summed E-state index contributed by atoms with van der Waals surface area (Å²) in [5.74, 6) is 1.61. The lowest BCUT2D eigenvalue weighted by Gasteiger charge is -2.20. The molecule has 0 aromatic heterocycles. The maximum Gasteiger partial charge on any atom is 0.124 e. The van der Waals surface area contributed by atoms with Crippen molar-refractivity contribution in [2.24, 2.45) is 11.7 Å². The smallest absolute Gasteiger partial charge is 0.124 e. The Kier molecular flexibility index (Phi) is 5.02. The Morgan fingerprint density at radius 2 is 1.80 bits per heavy atom. The molecule has 0 bridgehead atoms. The van der Waals surface area contributed by atoms with Crippen molar-refractivity contribution in [2.75, 3.05) is 6.61 Å². The molecule has 0 aliphatic heterocycles. The summed E-state index contributed by atoms with van der Waals surface area (Å²) in [6.45, 7) is 7.15. The molecule has 0 aliphatic rings. The lowest BCUT2D eigenvalue weighted by atomic mass is 9.93. The molecule has 2 heteroatoms. The van der Waals surface area contributed by atoms with Crippen LogP contribution in [-0.2, 0) is 0 Å². The molecule has 0 saturated heterocycles. The van der Waals surface area contributed by atoms with Crippen molar-refractivity contribution in [1.82, 2.24) is 0 Å². The van der Waals surface area contributed by atoms with Gasteiger partial charge in [-0.25, -0.2) is 0 Å². The van der Waals surface area contributed by atoms with E-state index in [9.17, 15) is 0 Å². The molecule has 0 aliphatic carbocycles. The number of hydrogen-bond donors (Lipinski definition) is 1. The van der Waals surface area contributed by atoms with Crippen LogP contribution in [0.25, 0.3) is 10.8 Å². The molecule has 0 fully saturated rings. The van der Waals surface area contributed by atoms with Gasteiger partial charge in [0.2, 0.25) is 0 Å². The number of rotatable bonds is 6. The van der Waals surface area contributed by atoms with Gasteiger partial charge in [-0.3, -0.25) is 0 Å². The Bertz CT molecular complexity index is 562. The van der Waals surface area contributed by atoms with Gasteiger partial charge in [0.1, 0.15) is 5.75 Å². The molecule has 0 unspecified atom stereocenters. The molecular weight excluding hydrogens is 246 g/mol. The van der Waals surface area contributed by atoms with Gasteiger partial charge >= 0.3 is 0 Å². The predicted molar refractivity (Wildman–Crippen MR) is 86.1 cm³/mol. The second kappa shape index (κ2) is 6.76. The van der Waals surface area contributed by atoms with Gasteiger partial charge in [0.25, 0.3) is 0 Å². The van der Waals surface area contributed by atoms with Crippen molar-refractivity contribution >= 4 is 10.8 Å². The Balaban J connectivity index is 2.43. The van der Waals surface area contributed by atoms with E-state index in [1.807, 2.05) is 6.92 Å². The third-order valence-electron chi connectivity index (χ3n) is 3.66. The number of fused-ring (bicyclic) bond motifs is 1. The molecule has 0 amide bonds. The van der Waals surface area contributed by atoms with Crippen LogP contribution in [0.3, 0.4) is 0 Å². The molecule has 1 atom stereocenters. The average Bonchev–Trinajstić information content (AvgIpc) is 2.45. The maximum atomic E-state index is 6.46. The van der Waals surface area contributed by atoms with Crippen molar-refractivity contribution < 1.29 is 4.74 Å². The fraction of sp³-hybridized carbons (Fsp3) is 0.444. The van der Waals surface area contributed by atoms with E-state index in [1.165, 1.54) is 10.8 Å². The highest BCUT2D eigenvalue weighted by atomic mass is 16.5. The van der Waals surface area contributed by atoms with Crippen LogP contribution >= 0.6 is 0 Å². The molecule has 0 radical (unpaired) electrons. The number of nitrogens with two attached hydrogens (primary N) is 1. The standard InChI is InChI=1S/C18H25NO/c1-4-20-17-12-10-14-7-5-6-8-15(14)18(17)16(19)11-9-13(2)3/h5-8,10,12-13,16H,4,9,11,19H2,1-3H3/t16-/m1/s1. The Hall–Kier alpha value is -1.54. The van der Waals surface area contributed by atoms with Gasteiger partial charge in [-0.15, -0.1) is 0 Å². The summed E-state index contributed by atoms with van der Waals surface area (Å²) in [6.07, 6.45) is 2.13. The molecule has 2 N–H and O–H groups in total. The van der Waals surface area contributed by atoms with E-state index in [2.05, 4.69) is 50.2 Å². The van der Waals surface area contributed by atoms with Crippen molar-refractivity contribution in [3.8, 4) is 5.75 Å². The molecule has 108 valence electrons. The predicted octanol–water partition coefficient (Wildman–Crippen LogP) is 4.67. The number of hydrogen-bond acceptors (Lipinski definition) is 2. The van der Waals surface area contributed by atoms with Crippen molar-refractivity contribution in [3.63, 3.8) is 0 Å². The van der Waals surface area contributed by atoms with Gasteiger partial charge < -0.3 is 10.5 Å². The molecule has 0 heterocycles. The van der Waals surface area contributed by atoms with E-state index in [4.69, 9.17) is 10.5 Å². The van der Waals surface area contributed by atoms with Crippen LogP contribution in [0.5, 0.6) is 5.75 Å². The maximum absolute atomic E-state index is 6.46. The lowest BCUT2D eigenvalue weighted by Crippen LogP contribution is -2.13. The third kappa shape index (κ3) is 3.31. The first-order chi connectivity index (χ1) is 9.63. The minimum Gasteiger partial charge on any atom is -0.494 e.